The van der Waals surface area contributed by atoms with Crippen LogP contribution in [-0.4, -0.2) is 31.5 Å². The predicted molar refractivity (Wildman–Crippen MR) is 123 cm³/mol. The summed E-state index contributed by atoms with van der Waals surface area (Å²) in [6, 6.07) is 18.0. The molecule has 3 aromatic carbocycles. The summed E-state index contributed by atoms with van der Waals surface area (Å²) in [6.07, 6.45) is 0.170. The van der Waals surface area contributed by atoms with Gasteiger partial charge in [-0.25, -0.2) is 9.40 Å². The monoisotopic (exact) mass is 448 g/mol. The van der Waals surface area contributed by atoms with Crippen LogP contribution in [0.25, 0.3) is 0 Å². The lowest BCUT2D eigenvalue weighted by Gasteiger charge is -2.38. The molecule has 0 spiro atoms. The van der Waals surface area contributed by atoms with Crippen LogP contribution < -0.4 is 18.9 Å². The van der Waals surface area contributed by atoms with E-state index in [-0.39, 0.29) is 11.9 Å². The molecule has 0 aliphatic carbocycles. The highest BCUT2D eigenvalue weighted by Gasteiger charge is 2.42. The number of ether oxygens (including phenoxy) is 4. The zero-order valence-electron chi connectivity index (χ0n) is 18.7. The summed E-state index contributed by atoms with van der Waals surface area (Å²) in [6.45, 7) is 2.48. The van der Waals surface area contributed by atoms with Crippen LogP contribution in [0.4, 0.5) is 4.39 Å². The maximum atomic E-state index is 13.5. The Labute approximate surface area is 192 Å². The highest BCUT2D eigenvalue weighted by Crippen LogP contribution is 2.51. The van der Waals surface area contributed by atoms with Gasteiger partial charge < -0.3 is 18.9 Å². The number of benzene rings is 3. The number of halogens is 1. The molecular weight excluding hydrogens is 423 g/mol. The molecule has 0 fully saturated rings. The van der Waals surface area contributed by atoms with Gasteiger partial charge in [0.2, 0.25) is 6.23 Å². The first-order chi connectivity index (χ1) is 16.1. The van der Waals surface area contributed by atoms with Gasteiger partial charge in [-0.15, -0.1) is 0 Å². The minimum absolute atomic E-state index is 0.0488. The second kappa shape index (κ2) is 8.65. The molecule has 33 heavy (non-hydrogen) atoms. The zero-order valence-corrected chi connectivity index (χ0v) is 18.7. The van der Waals surface area contributed by atoms with Crippen molar-refractivity contribution in [2.45, 2.75) is 25.6 Å². The first kappa shape index (κ1) is 21.1. The average molecular weight is 448 g/mol. The molecule has 0 radical (unpaired) electrons. The van der Waals surface area contributed by atoms with Gasteiger partial charge in [-0.2, -0.15) is 5.10 Å². The summed E-state index contributed by atoms with van der Waals surface area (Å²) in [4.78, 5) is 0. The molecule has 2 atom stereocenters. The van der Waals surface area contributed by atoms with Crippen molar-refractivity contribution in [3.63, 3.8) is 0 Å². The molecule has 2 aliphatic rings. The van der Waals surface area contributed by atoms with Crippen LogP contribution in [-0.2, 0) is 0 Å². The molecule has 3 aromatic rings. The fraction of sp³-hybridized carbons (Fsp3) is 0.269. The molecule has 170 valence electrons. The first-order valence-corrected chi connectivity index (χ1v) is 10.9. The molecule has 2 unspecified atom stereocenters. The third-order valence-electron chi connectivity index (χ3n) is 5.95. The Kier molecular flexibility index (Phi) is 5.54. The summed E-state index contributed by atoms with van der Waals surface area (Å²) in [5.41, 5.74) is 3.65. The topological polar surface area (TPSA) is 52.5 Å². The Morgan fingerprint density at radius 1 is 1.00 bits per heavy atom. The summed E-state index contributed by atoms with van der Waals surface area (Å²) in [7, 11) is 3.21. The lowest BCUT2D eigenvalue weighted by atomic mass is 9.95. The van der Waals surface area contributed by atoms with E-state index >= 15 is 0 Å². The van der Waals surface area contributed by atoms with Crippen molar-refractivity contribution in [2.24, 2.45) is 5.10 Å². The second-order valence-electron chi connectivity index (χ2n) is 7.85. The molecule has 0 aromatic heterocycles. The summed E-state index contributed by atoms with van der Waals surface area (Å²) >= 11 is 0. The van der Waals surface area contributed by atoms with E-state index < -0.39 is 6.23 Å². The smallest absolute Gasteiger partial charge is 0.214 e. The van der Waals surface area contributed by atoms with Crippen molar-refractivity contribution in [2.75, 3.05) is 20.8 Å². The highest BCUT2D eigenvalue weighted by molar-refractivity contribution is 6.02. The van der Waals surface area contributed by atoms with E-state index in [1.807, 2.05) is 48.3 Å². The van der Waals surface area contributed by atoms with E-state index in [9.17, 15) is 4.39 Å². The molecule has 5 rings (SSSR count). The predicted octanol–water partition coefficient (Wildman–Crippen LogP) is 5.48. The SMILES string of the molecule is CCOc1cccc2c1OC(c1ccc(OC)c(OC)c1)N1N=C(c3ccc(F)cc3)CC21. The largest absolute Gasteiger partial charge is 0.493 e. The number of methoxy groups -OCH3 is 2. The van der Waals surface area contributed by atoms with Crippen LogP contribution in [0.2, 0.25) is 0 Å². The zero-order chi connectivity index (χ0) is 22.9. The third kappa shape index (κ3) is 3.73. The normalized spacial score (nSPS) is 18.7. The van der Waals surface area contributed by atoms with Gasteiger partial charge in [0.25, 0.3) is 0 Å². The van der Waals surface area contributed by atoms with Crippen molar-refractivity contribution < 1.29 is 23.3 Å². The van der Waals surface area contributed by atoms with Gasteiger partial charge in [-0.1, -0.05) is 24.3 Å². The Balaban J connectivity index is 1.61. The van der Waals surface area contributed by atoms with Crippen molar-refractivity contribution >= 4 is 5.71 Å². The molecule has 2 aliphatic heterocycles. The van der Waals surface area contributed by atoms with Crippen LogP contribution in [0.15, 0.2) is 65.8 Å². The van der Waals surface area contributed by atoms with Gasteiger partial charge in [0.05, 0.1) is 32.6 Å². The molecule has 0 saturated carbocycles. The Morgan fingerprint density at radius 3 is 2.52 bits per heavy atom. The molecule has 0 N–H and O–H groups in total. The first-order valence-electron chi connectivity index (χ1n) is 10.9. The molecule has 6 nitrogen and oxygen atoms in total. The van der Waals surface area contributed by atoms with E-state index in [1.165, 1.54) is 12.1 Å². The number of hydrogen-bond donors (Lipinski definition) is 0. The van der Waals surface area contributed by atoms with Gasteiger partial charge >= 0.3 is 0 Å². The number of nitrogens with zero attached hydrogens (tertiary/aromatic N) is 2. The van der Waals surface area contributed by atoms with Gasteiger partial charge in [0.15, 0.2) is 23.0 Å². The lowest BCUT2D eigenvalue weighted by molar-refractivity contribution is -0.0213. The van der Waals surface area contributed by atoms with Crippen LogP contribution in [0, 0.1) is 5.82 Å². The van der Waals surface area contributed by atoms with Crippen molar-refractivity contribution in [3.05, 3.63) is 83.2 Å². The summed E-state index contributed by atoms with van der Waals surface area (Å²) in [5.74, 6) is 2.40. The van der Waals surface area contributed by atoms with E-state index in [2.05, 4.69) is 0 Å². The fourth-order valence-electron chi connectivity index (χ4n) is 4.40. The standard InChI is InChI=1S/C26H25FN2O4/c1-4-32-23-7-5-6-19-21-15-20(16-8-11-18(27)12-9-16)28-29(21)26(33-25(19)23)17-10-13-22(30-2)24(14-17)31-3/h5-14,21,26H,4,15H2,1-3H3. The quantitative estimate of drug-likeness (QED) is 0.500. The van der Waals surface area contributed by atoms with E-state index in [0.29, 0.717) is 30.3 Å². The van der Waals surface area contributed by atoms with Gasteiger partial charge in [-0.3, -0.25) is 0 Å². The summed E-state index contributed by atoms with van der Waals surface area (Å²) < 4.78 is 36.8. The maximum Gasteiger partial charge on any atom is 0.214 e. The minimum Gasteiger partial charge on any atom is -0.493 e. The van der Waals surface area contributed by atoms with E-state index in [4.69, 9.17) is 24.0 Å². The lowest BCUT2D eigenvalue weighted by Crippen LogP contribution is -2.34. The van der Waals surface area contributed by atoms with Gasteiger partial charge in [0.1, 0.15) is 5.82 Å². The van der Waals surface area contributed by atoms with Crippen LogP contribution in [0.3, 0.4) is 0 Å². The highest BCUT2D eigenvalue weighted by atomic mass is 19.1. The molecule has 0 saturated heterocycles. The average Bonchev–Trinajstić information content (AvgIpc) is 3.30. The Bertz CT molecular complexity index is 1200. The van der Waals surface area contributed by atoms with Crippen LogP contribution in [0.5, 0.6) is 23.0 Å². The van der Waals surface area contributed by atoms with Crippen molar-refractivity contribution in [1.82, 2.24) is 5.01 Å². The second-order valence-corrected chi connectivity index (χ2v) is 7.85. The molecule has 0 amide bonds. The minimum atomic E-state index is -0.498. The number of hydrazone groups is 1. The third-order valence-corrected chi connectivity index (χ3v) is 5.95. The molecule has 7 heteroatoms. The van der Waals surface area contributed by atoms with Crippen LogP contribution in [0.1, 0.15) is 42.3 Å². The Morgan fingerprint density at radius 2 is 1.79 bits per heavy atom. The van der Waals surface area contributed by atoms with Crippen LogP contribution >= 0.6 is 0 Å². The van der Waals surface area contributed by atoms with E-state index in [0.717, 1.165) is 28.2 Å². The van der Waals surface area contributed by atoms with Crippen molar-refractivity contribution in [3.8, 4) is 23.0 Å². The van der Waals surface area contributed by atoms with Gasteiger partial charge in [0, 0.05) is 17.5 Å². The molecule has 0 bridgehead atoms. The van der Waals surface area contributed by atoms with E-state index in [1.54, 1.807) is 26.4 Å². The number of para-hydroxylation sites is 1. The molecule has 2 heterocycles. The number of hydrogen-bond acceptors (Lipinski definition) is 6. The Hall–Kier alpha value is -3.74. The fourth-order valence-corrected chi connectivity index (χ4v) is 4.40. The number of rotatable bonds is 6. The molecular formula is C26H25FN2O4. The van der Waals surface area contributed by atoms with Crippen molar-refractivity contribution in [1.29, 1.82) is 0 Å². The maximum absolute atomic E-state index is 13.5. The summed E-state index contributed by atoms with van der Waals surface area (Å²) in [5, 5.41) is 6.90. The number of fused-ring (bicyclic) bond motifs is 3. The van der Waals surface area contributed by atoms with Gasteiger partial charge in [-0.05, 0) is 48.9 Å².